The van der Waals surface area contributed by atoms with Crippen LogP contribution in [-0.4, -0.2) is 18.2 Å². The molecule has 4 nitrogen and oxygen atoms in total. The Morgan fingerprint density at radius 2 is 1.81 bits per heavy atom. The number of phenolic OH excluding ortho intramolecular Hbond substituents is 1. The van der Waals surface area contributed by atoms with Crippen molar-refractivity contribution in [3.05, 3.63) is 63.0 Å². The molecule has 0 aliphatic carbocycles. The first-order valence-electron chi connectivity index (χ1n) is 8.92. The largest absolute Gasteiger partial charge is 0.507 e. The van der Waals surface area contributed by atoms with Gasteiger partial charge in [0.05, 0.1) is 24.2 Å². The molecule has 1 aliphatic rings. The molecular weight excluding hydrogens is 350 g/mol. The van der Waals surface area contributed by atoms with E-state index in [1.807, 2.05) is 25.1 Å². The molecule has 134 valence electrons. The molecule has 0 unspecified atom stereocenters. The number of rotatable bonds is 3. The highest BCUT2D eigenvalue weighted by atomic mass is 35.5. The molecule has 3 aromatic rings. The van der Waals surface area contributed by atoms with Gasteiger partial charge in [0, 0.05) is 23.3 Å². The van der Waals surface area contributed by atoms with Crippen LogP contribution in [0, 0.1) is 6.92 Å². The fraction of sp³-hybridized carbons (Fsp3) is 0.286. The molecule has 1 aromatic heterocycles. The smallest absolute Gasteiger partial charge is 0.344 e. The zero-order chi connectivity index (χ0) is 18.3. The van der Waals surface area contributed by atoms with E-state index in [1.54, 1.807) is 18.2 Å². The third kappa shape index (κ3) is 3.00. The maximum atomic E-state index is 12.8. The van der Waals surface area contributed by atoms with Crippen LogP contribution in [0.3, 0.4) is 0 Å². The van der Waals surface area contributed by atoms with Crippen molar-refractivity contribution in [3.63, 3.8) is 0 Å². The summed E-state index contributed by atoms with van der Waals surface area (Å²) in [7, 11) is 0. The molecule has 0 bridgehead atoms. The Morgan fingerprint density at radius 3 is 2.50 bits per heavy atom. The Bertz CT molecular complexity index is 1020. The molecule has 0 saturated carbocycles. The van der Waals surface area contributed by atoms with E-state index in [0.29, 0.717) is 22.7 Å². The zero-order valence-electron chi connectivity index (χ0n) is 14.6. The van der Waals surface area contributed by atoms with Gasteiger partial charge in [0.1, 0.15) is 12.3 Å². The molecule has 4 rings (SSSR count). The number of quaternary nitrogens is 1. The van der Waals surface area contributed by atoms with Gasteiger partial charge < -0.3 is 14.4 Å². The summed E-state index contributed by atoms with van der Waals surface area (Å²) in [5, 5.41) is 11.9. The van der Waals surface area contributed by atoms with Gasteiger partial charge in [-0.25, -0.2) is 4.79 Å². The number of hydrogen-bond acceptors (Lipinski definition) is 3. The van der Waals surface area contributed by atoms with Crippen molar-refractivity contribution in [2.75, 3.05) is 13.1 Å². The predicted octanol–water partition coefficient (Wildman–Crippen LogP) is 3.31. The highest BCUT2D eigenvalue weighted by Gasteiger charge is 2.22. The number of fused-ring (bicyclic) bond motifs is 1. The lowest BCUT2D eigenvalue weighted by Crippen LogP contribution is -3.08. The van der Waals surface area contributed by atoms with E-state index in [0.717, 1.165) is 35.2 Å². The maximum absolute atomic E-state index is 12.8. The van der Waals surface area contributed by atoms with Crippen LogP contribution in [0.1, 0.15) is 24.0 Å². The van der Waals surface area contributed by atoms with E-state index in [4.69, 9.17) is 16.0 Å². The summed E-state index contributed by atoms with van der Waals surface area (Å²) in [6.45, 7) is 4.77. The van der Waals surface area contributed by atoms with Crippen molar-refractivity contribution in [3.8, 4) is 16.9 Å². The molecule has 0 atom stereocenters. The number of aryl methyl sites for hydroxylation is 1. The third-order valence-electron chi connectivity index (χ3n) is 5.28. The van der Waals surface area contributed by atoms with E-state index in [1.165, 1.54) is 17.7 Å². The van der Waals surface area contributed by atoms with Gasteiger partial charge in [-0.1, -0.05) is 23.7 Å². The molecule has 0 amide bonds. The number of benzene rings is 2. The number of phenols is 1. The van der Waals surface area contributed by atoms with E-state index in [2.05, 4.69) is 0 Å². The van der Waals surface area contributed by atoms with Gasteiger partial charge in [0.2, 0.25) is 0 Å². The molecule has 26 heavy (non-hydrogen) atoms. The summed E-state index contributed by atoms with van der Waals surface area (Å²) in [4.78, 5) is 14.2. The molecule has 2 N–H and O–H groups in total. The van der Waals surface area contributed by atoms with Gasteiger partial charge in [0.15, 0.2) is 5.58 Å². The van der Waals surface area contributed by atoms with E-state index < -0.39 is 0 Å². The Kier molecular flexibility index (Phi) is 4.47. The van der Waals surface area contributed by atoms with Crippen LogP contribution in [0.2, 0.25) is 5.02 Å². The van der Waals surface area contributed by atoms with Crippen LogP contribution in [0.5, 0.6) is 5.75 Å². The zero-order valence-corrected chi connectivity index (χ0v) is 15.4. The molecule has 1 saturated heterocycles. The second-order valence-electron chi connectivity index (χ2n) is 6.97. The molecule has 5 heteroatoms. The molecule has 1 fully saturated rings. The Balaban J connectivity index is 1.89. The van der Waals surface area contributed by atoms with Crippen molar-refractivity contribution in [1.82, 2.24) is 0 Å². The second-order valence-corrected chi connectivity index (χ2v) is 7.41. The lowest BCUT2D eigenvalue weighted by Gasteiger charge is -2.16. The average Bonchev–Trinajstić information content (AvgIpc) is 3.12. The standard InChI is InChI=1S/C21H20ClNO3/c1-13-16-8-9-18(24)17(12-23-10-2-3-11-23)20(16)26-21(25)19(13)14-4-6-15(22)7-5-14/h4-9,24H,2-3,10-12H2,1H3/p+1. The van der Waals surface area contributed by atoms with Crippen LogP contribution in [0.15, 0.2) is 45.6 Å². The molecule has 0 radical (unpaired) electrons. The molecule has 2 heterocycles. The van der Waals surface area contributed by atoms with Crippen LogP contribution >= 0.6 is 11.6 Å². The molecule has 1 aliphatic heterocycles. The Morgan fingerprint density at radius 1 is 1.12 bits per heavy atom. The topological polar surface area (TPSA) is 54.9 Å². The fourth-order valence-electron chi connectivity index (χ4n) is 3.88. The number of nitrogens with one attached hydrogen (secondary N) is 1. The minimum Gasteiger partial charge on any atom is -0.507 e. The summed E-state index contributed by atoms with van der Waals surface area (Å²) < 4.78 is 5.72. The van der Waals surface area contributed by atoms with Gasteiger partial charge in [-0.3, -0.25) is 0 Å². The summed E-state index contributed by atoms with van der Waals surface area (Å²) in [6.07, 6.45) is 2.40. The van der Waals surface area contributed by atoms with Gasteiger partial charge in [0.25, 0.3) is 0 Å². The summed E-state index contributed by atoms with van der Waals surface area (Å²) in [6, 6.07) is 10.7. The average molecular weight is 371 g/mol. The number of halogens is 1. The minimum atomic E-state index is -0.388. The normalized spacial score (nSPS) is 15.0. The first-order chi connectivity index (χ1) is 12.5. The summed E-state index contributed by atoms with van der Waals surface area (Å²) in [5.74, 6) is 0.193. The third-order valence-corrected chi connectivity index (χ3v) is 5.54. The lowest BCUT2D eigenvalue weighted by molar-refractivity contribution is -0.901. The van der Waals surface area contributed by atoms with Crippen molar-refractivity contribution in [2.45, 2.75) is 26.3 Å². The van der Waals surface area contributed by atoms with Gasteiger partial charge in [-0.05, 0) is 42.3 Å². The lowest BCUT2D eigenvalue weighted by atomic mass is 9.98. The van der Waals surface area contributed by atoms with Crippen molar-refractivity contribution >= 4 is 22.6 Å². The molecule has 2 aromatic carbocycles. The summed E-state index contributed by atoms with van der Waals surface area (Å²) in [5.41, 5.74) is 3.02. The Hall–Kier alpha value is -2.30. The molecular formula is C21H21ClNO3+. The number of likely N-dealkylation sites (tertiary alicyclic amines) is 1. The highest BCUT2D eigenvalue weighted by molar-refractivity contribution is 6.30. The number of aromatic hydroxyl groups is 1. The van der Waals surface area contributed by atoms with Gasteiger partial charge >= 0.3 is 5.63 Å². The summed E-state index contributed by atoms with van der Waals surface area (Å²) >= 11 is 5.96. The van der Waals surface area contributed by atoms with Crippen molar-refractivity contribution < 1.29 is 14.4 Å². The van der Waals surface area contributed by atoms with E-state index in [-0.39, 0.29) is 11.4 Å². The highest BCUT2D eigenvalue weighted by Crippen LogP contribution is 2.32. The Labute approximate surface area is 156 Å². The maximum Gasteiger partial charge on any atom is 0.344 e. The van der Waals surface area contributed by atoms with Crippen molar-refractivity contribution in [2.24, 2.45) is 0 Å². The van der Waals surface area contributed by atoms with Gasteiger partial charge in [-0.15, -0.1) is 0 Å². The van der Waals surface area contributed by atoms with E-state index >= 15 is 0 Å². The number of hydrogen-bond donors (Lipinski definition) is 2. The van der Waals surface area contributed by atoms with Gasteiger partial charge in [-0.2, -0.15) is 0 Å². The predicted molar refractivity (Wildman–Crippen MR) is 103 cm³/mol. The monoisotopic (exact) mass is 370 g/mol. The second kappa shape index (κ2) is 6.78. The van der Waals surface area contributed by atoms with Crippen molar-refractivity contribution in [1.29, 1.82) is 0 Å². The quantitative estimate of drug-likeness (QED) is 0.695. The first kappa shape index (κ1) is 17.1. The SMILES string of the molecule is Cc1c(-c2ccc(Cl)cc2)c(=O)oc2c(C[NH+]3CCCC3)c(O)ccc12. The minimum absolute atomic E-state index is 0.193. The van der Waals surface area contributed by atoms with Crippen LogP contribution < -0.4 is 10.5 Å². The van der Waals surface area contributed by atoms with Crippen LogP contribution in [0.4, 0.5) is 0 Å². The fourth-order valence-corrected chi connectivity index (χ4v) is 4.01. The van der Waals surface area contributed by atoms with Crippen LogP contribution in [0.25, 0.3) is 22.1 Å². The first-order valence-corrected chi connectivity index (χ1v) is 9.30. The molecule has 0 spiro atoms. The van der Waals surface area contributed by atoms with Crippen LogP contribution in [-0.2, 0) is 6.54 Å². The van der Waals surface area contributed by atoms with E-state index in [9.17, 15) is 9.90 Å².